The van der Waals surface area contributed by atoms with Crippen LogP contribution in [0.4, 0.5) is 5.69 Å². The average molecular weight is 354 g/mol. The summed E-state index contributed by atoms with van der Waals surface area (Å²) in [6.07, 6.45) is 2.84. The molecule has 1 aromatic heterocycles. The lowest BCUT2D eigenvalue weighted by Crippen LogP contribution is -2.44. The topological polar surface area (TPSA) is 77.3 Å². The Morgan fingerprint density at radius 3 is 2.32 bits per heavy atom. The summed E-state index contributed by atoms with van der Waals surface area (Å²) in [4.78, 5) is 7.69. The summed E-state index contributed by atoms with van der Waals surface area (Å²) in [5.74, 6) is 0. The van der Waals surface area contributed by atoms with Crippen LogP contribution in [0.5, 0.6) is 0 Å². The van der Waals surface area contributed by atoms with Gasteiger partial charge in [-0.2, -0.15) is 5.26 Å². The van der Waals surface area contributed by atoms with Gasteiger partial charge in [-0.05, 0) is 24.3 Å². The molecule has 7 heteroatoms. The Hall–Kier alpha value is -2.85. The minimum Gasteiger partial charge on any atom is -0.372 e. The van der Waals surface area contributed by atoms with Gasteiger partial charge in [0.1, 0.15) is 6.07 Å². The number of nitriles is 1. The third kappa shape index (κ3) is 3.80. The molecular weight excluding hydrogens is 336 g/mol. The lowest BCUT2D eigenvalue weighted by molar-refractivity contribution is 0.348. The third-order valence-electron chi connectivity index (χ3n) is 4.05. The van der Waals surface area contributed by atoms with E-state index in [4.69, 9.17) is 0 Å². The van der Waals surface area contributed by atoms with Crippen LogP contribution in [0.3, 0.4) is 0 Å². The number of aromatic nitrogens is 1. The van der Waals surface area contributed by atoms with Gasteiger partial charge in [-0.3, -0.25) is 0 Å². The van der Waals surface area contributed by atoms with Crippen molar-refractivity contribution in [3.05, 3.63) is 65.8 Å². The van der Waals surface area contributed by atoms with E-state index in [0.717, 1.165) is 18.8 Å². The molecule has 6 nitrogen and oxygen atoms in total. The lowest BCUT2D eigenvalue weighted by atomic mass is 10.2. The van der Waals surface area contributed by atoms with E-state index in [1.54, 1.807) is 12.1 Å². The molecule has 0 atom stereocenters. The fraction of sp³-hybridized carbons (Fsp3) is 0.222. The monoisotopic (exact) mass is 354 g/mol. The van der Waals surface area contributed by atoms with Gasteiger partial charge in [0, 0.05) is 44.3 Å². The van der Waals surface area contributed by atoms with E-state index < -0.39 is 9.84 Å². The molecule has 128 valence electrons. The predicted octanol–water partition coefficient (Wildman–Crippen LogP) is 2.04. The quantitative estimate of drug-likeness (QED) is 0.782. The summed E-state index contributed by atoms with van der Waals surface area (Å²) < 4.78 is 25.1. The summed E-state index contributed by atoms with van der Waals surface area (Å²) in [5.41, 5.74) is 1.15. The second-order valence-corrected chi connectivity index (χ2v) is 7.50. The molecule has 0 saturated carbocycles. The van der Waals surface area contributed by atoms with Crippen molar-refractivity contribution < 1.29 is 8.42 Å². The summed E-state index contributed by atoms with van der Waals surface area (Å²) >= 11 is 0. The highest BCUT2D eigenvalue weighted by atomic mass is 32.2. The standard InChI is InChI=1S/C18H18N4O2S/c19-14-17(25(23,24)18-8-4-5-9-20-18)15-21-10-12-22(13-11-21)16-6-2-1-3-7-16/h1-9,15H,10-13H2/b17-15+. The fourth-order valence-electron chi connectivity index (χ4n) is 2.69. The maximum absolute atomic E-state index is 12.5. The average Bonchev–Trinajstić information content (AvgIpc) is 2.68. The maximum Gasteiger partial charge on any atom is 0.235 e. The van der Waals surface area contributed by atoms with Crippen LogP contribution in [0.2, 0.25) is 0 Å². The normalized spacial score (nSPS) is 15.7. The van der Waals surface area contributed by atoms with Gasteiger partial charge in [-0.15, -0.1) is 0 Å². The van der Waals surface area contributed by atoms with Crippen LogP contribution in [0.15, 0.2) is 70.9 Å². The Labute approximate surface area is 147 Å². The molecule has 0 radical (unpaired) electrons. The Kier molecular flexibility index (Phi) is 5.00. The number of allylic oxidation sites excluding steroid dienone is 1. The molecule has 0 spiro atoms. The van der Waals surface area contributed by atoms with Gasteiger partial charge >= 0.3 is 0 Å². The summed E-state index contributed by atoms with van der Waals surface area (Å²) in [6.45, 7) is 2.83. The molecule has 0 bridgehead atoms. The van der Waals surface area contributed by atoms with Gasteiger partial charge in [-0.25, -0.2) is 13.4 Å². The van der Waals surface area contributed by atoms with E-state index >= 15 is 0 Å². The number of pyridine rings is 1. The van der Waals surface area contributed by atoms with Crippen molar-refractivity contribution >= 4 is 15.5 Å². The number of hydrogen-bond acceptors (Lipinski definition) is 6. The number of para-hydroxylation sites is 1. The molecule has 1 aliphatic rings. The summed E-state index contributed by atoms with van der Waals surface area (Å²) in [6, 6.07) is 16.5. The first-order valence-electron chi connectivity index (χ1n) is 7.93. The lowest BCUT2D eigenvalue weighted by Gasteiger charge is -2.35. The molecule has 1 fully saturated rings. The first-order chi connectivity index (χ1) is 12.1. The largest absolute Gasteiger partial charge is 0.372 e. The Balaban J connectivity index is 1.73. The van der Waals surface area contributed by atoms with Crippen molar-refractivity contribution in [3.8, 4) is 6.07 Å². The first-order valence-corrected chi connectivity index (χ1v) is 9.41. The molecule has 0 unspecified atom stereocenters. The molecular formula is C18H18N4O2S. The van der Waals surface area contributed by atoms with E-state index in [2.05, 4.69) is 22.0 Å². The predicted molar refractivity (Wildman–Crippen MR) is 95.3 cm³/mol. The molecule has 1 saturated heterocycles. The molecule has 0 aliphatic carbocycles. The fourth-order valence-corrected chi connectivity index (χ4v) is 3.78. The van der Waals surface area contributed by atoms with Gasteiger partial charge in [0.25, 0.3) is 0 Å². The van der Waals surface area contributed by atoms with Gasteiger partial charge in [-0.1, -0.05) is 24.3 Å². The van der Waals surface area contributed by atoms with Crippen LogP contribution < -0.4 is 4.90 Å². The molecule has 0 N–H and O–H groups in total. The van der Waals surface area contributed by atoms with Crippen molar-refractivity contribution in [2.24, 2.45) is 0 Å². The first kappa shape index (κ1) is 17.0. The Morgan fingerprint density at radius 1 is 1.04 bits per heavy atom. The second kappa shape index (κ2) is 7.36. The molecule has 25 heavy (non-hydrogen) atoms. The minimum absolute atomic E-state index is 0.106. The van der Waals surface area contributed by atoms with Crippen LogP contribution in [0, 0.1) is 11.3 Å². The van der Waals surface area contributed by atoms with Crippen molar-refractivity contribution in [1.82, 2.24) is 9.88 Å². The molecule has 2 heterocycles. The van der Waals surface area contributed by atoms with Crippen LogP contribution >= 0.6 is 0 Å². The highest BCUT2D eigenvalue weighted by Gasteiger charge is 2.24. The van der Waals surface area contributed by atoms with Crippen molar-refractivity contribution in [1.29, 1.82) is 5.26 Å². The number of rotatable bonds is 4. The number of piperazine rings is 1. The molecule has 1 aromatic carbocycles. The SMILES string of the molecule is N#C/C(=C\N1CCN(c2ccccc2)CC1)S(=O)(=O)c1ccccn1. The maximum atomic E-state index is 12.5. The highest BCUT2D eigenvalue weighted by Crippen LogP contribution is 2.19. The van der Waals surface area contributed by atoms with E-state index in [-0.39, 0.29) is 9.93 Å². The summed E-state index contributed by atoms with van der Waals surface area (Å²) in [7, 11) is -3.88. The van der Waals surface area contributed by atoms with Gasteiger partial charge in [0.2, 0.25) is 9.84 Å². The van der Waals surface area contributed by atoms with E-state index in [9.17, 15) is 13.7 Å². The zero-order chi connectivity index (χ0) is 17.7. The smallest absolute Gasteiger partial charge is 0.235 e. The number of benzene rings is 1. The van der Waals surface area contributed by atoms with E-state index in [0.29, 0.717) is 13.1 Å². The third-order valence-corrected chi connectivity index (χ3v) is 5.62. The molecule has 1 aliphatic heterocycles. The van der Waals surface area contributed by atoms with E-state index in [1.165, 1.54) is 18.5 Å². The minimum atomic E-state index is -3.88. The Morgan fingerprint density at radius 2 is 1.72 bits per heavy atom. The molecule has 2 aromatic rings. The van der Waals surface area contributed by atoms with Crippen LogP contribution in [-0.4, -0.2) is 44.5 Å². The van der Waals surface area contributed by atoms with Crippen LogP contribution in [-0.2, 0) is 9.84 Å². The van der Waals surface area contributed by atoms with Gasteiger partial charge in [0.15, 0.2) is 9.93 Å². The number of hydrogen-bond donors (Lipinski definition) is 0. The van der Waals surface area contributed by atoms with Gasteiger partial charge < -0.3 is 9.80 Å². The summed E-state index contributed by atoms with van der Waals surface area (Å²) in [5, 5.41) is 9.22. The zero-order valence-corrected chi connectivity index (χ0v) is 14.4. The van der Waals surface area contributed by atoms with Crippen molar-refractivity contribution in [3.63, 3.8) is 0 Å². The Bertz CT molecular complexity index is 882. The molecule has 3 rings (SSSR count). The molecule has 0 amide bonds. The second-order valence-electron chi connectivity index (χ2n) is 5.64. The van der Waals surface area contributed by atoms with Crippen LogP contribution in [0.1, 0.15) is 0 Å². The number of sulfone groups is 1. The number of anilines is 1. The highest BCUT2D eigenvalue weighted by molar-refractivity contribution is 7.95. The number of nitrogens with zero attached hydrogens (tertiary/aromatic N) is 4. The van der Waals surface area contributed by atoms with E-state index in [1.807, 2.05) is 29.2 Å². The van der Waals surface area contributed by atoms with Crippen LogP contribution in [0.25, 0.3) is 0 Å². The van der Waals surface area contributed by atoms with Crippen molar-refractivity contribution in [2.45, 2.75) is 5.03 Å². The zero-order valence-electron chi connectivity index (χ0n) is 13.6. The van der Waals surface area contributed by atoms with Crippen molar-refractivity contribution in [2.75, 3.05) is 31.1 Å². The van der Waals surface area contributed by atoms with Gasteiger partial charge in [0.05, 0.1) is 0 Å².